The number of anilines is 3. The Balaban J connectivity index is 2.40. The molecule has 0 unspecified atom stereocenters. The van der Waals surface area contributed by atoms with E-state index in [1.54, 1.807) is 6.92 Å². The molecule has 0 saturated heterocycles. The molecule has 0 aromatic carbocycles. The Hall–Kier alpha value is -3.54. The van der Waals surface area contributed by atoms with Crippen LogP contribution in [0.25, 0.3) is 0 Å². The van der Waals surface area contributed by atoms with Crippen LogP contribution < -0.4 is 21.7 Å². The van der Waals surface area contributed by atoms with E-state index in [1.165, 1.54) is 20.2 Å². The van der Waals surface area contributed by atoms with Gasteiger partial charge in [0, 0.05) is 13.2 Å². The zero-order valence-corrected chi connectivity index (χ0v) is 16.5. The monoisotopic (exact) mass is 424 g/mol. The normalized spacial score (nSPS) is 12.7. The molecule has 0 saturated carbocycles. The predicted molar refractivity (Wildman–Crippen MR) is 105 cm³/mol. The molecule has 0 spiro atoms. The van der Waals surface area contributed by atoms with E-state index in [0.717, 1.165) is 12.1 Å². The highest BCUT2D eigenvalue weighted by atomic mass is 19.1. The smallest absolute Gasteiger partial charge is 0.404 e. The van der Waals surface area contributed by atoms with Crippen molar-refractivity contribution in [2.75, 3.05) is 24.4 Å². The van der Waals surface area contributed by atoms with Crippen molar-refractivity contribution < 1.29 is 28.2 Å². The molecule has 2 amide bonds. The number of aryl methyl sites for hydroxylation is 1. The molecule has 2 aromatic rings. The molecule has 0 bridgehead atoms. The Kier molecular flexibility index (Phi) is 7.42. The van der Waals surface area contributed by atoms with Crippen LogP contribution in [0, 0.1) is 18.6 Å². The van der Waals surface area contributed by atoms with Gasteiger partial charge >= 0.3 is 6.09 Å². The minimum absolute atomic E-state index is 0.0238. The van der Waals surface area contributed by atoms with Crippen LogP contribution in [0.1, 0.15) is 23.0 Å². The minimum Gasteiger partial charge on any atom is -0.465 e. The van der Waals surface area contributed by atoms with Crippen LogP contribution in [0.4, 0.5) is 30.9 Å². The third-order valence-electron chi connectivity index (χ3n) is 4.15. The molecular weight excluding hydrogens is 402 g/mol. The molecule has 162 valence electrons. The second kappa shape index (κ2) is 9.78. The summed E-state index contributed by atoms with van der Waals surface area (Å²) in [6.07, 6.45) is 0.0487. The van der Waals surface area contributed by atoms with Crippen LogP contribution in [-0.2, 0) is 4.74 Å². The number of nitrogens with zero attached hydrogens (tertiary/aromatic N) is 2. The topological polar surface area (TPSA) is 151 Å². The molecule has 6 N–H and O–H groups in total. The van der Waals surface area contributed by atoms with Crippen LogP contribution in [0.5, 0.6) is 0 Å². The van der Waals surface area contributed by atoms with E-state index >= 15 is 0 Å². The van der Waals surface area contributed by atoms with Crippen LogP contribution in [0.15, 0.2) is 18.3 Å². The van der Waals surface area contributed by atoms with Gasteiger partial charge in [-0.25, -0.2) is 18.6 Å². The molecule has 0 aliphatic carbocycles. The van der Waals surface area contributed by atoms with Gasteiger partial charge < -0.3 is 31.5 Å². The largest absolute Gasteiger partial charge is 0.465 e. The van der Waals surface area contributed by atoms with Crippen molar-refractivity contribution in [3.8, 4) is 0 Å². The fourth-order valence-electron chi connectivity index (χ4n) is 2.55. The first-order valence-corrected chi connectivity index (χ1v) is 8.76. The van der Waals surface area contributed by atoms with Gasteiger partial charge in [-0.1, -0.05) is 0 Å². The van der Waals surface area contributed by atoms with Crippen LogP contribution in [0.3, 0.4) is 0 Å². The first-order chi connectivity index (χ1) is 14.1. The molecular formula is C18H22F2N6O4. The maximum Gasteiger partial charge on any atom is 0.404 e. The second-order valence-corrected chi connectivity index (χ2v) is 6.44. The summed E-state index contributed by atoms with van der Waals surface area (Å²) in [6.45, 7) is 3.06. The van der Waals surface area contributed by atoms with Crippen molar-refractivity contribution in [2.24, 2.45) is 5.73 Å². The fourth-order valence-corrected chi connectivity index (χ4v) is 2.55. The highest BCUT2D eigenvalue weighted by molar-refractivity contribution is 5.98. The van der Waals surface area contributed by atoms with Crippen molar-refractivity contribution in [3.63, 3.8) is 0 Å². The van der Waals surface area contributed by atoms with Gasteiger partial charge in [0.15, 0.2) is 11.6 Å². The Morgan fingerprint density at radius 2 is 1.97 bits per heavy atom. The lowest BCUT2D eigenvalue weighted by atomic mass is 10.1. The van der Waals surface area contributed by atoms with Crippen LogP contribution in [-0.4, -0.2) is 52.9 Å². The van der Waals surface area contributed by atoms with Gasteiger partial charge in [-0.15, -0.1) is 0 Å². The summed E-state index contributed by atoms with van der Waals surface area (Å²) in [7, 11) is 1.40. The zero-order valence-electron chi connectivity index (χ0n) is 16.5. The zero-order chi connectivity index (χ0) is 22.4. The van der Waals surface area contributed by atoms with Crippen molar-refractivity contribution >= 4 is 29.3 Å². The summed E-state index contributed by atoms with van der Waals surface area (Å²) in [5.41, 5.74) is 5.38. The summed E-state index contributed by atoms with van der Waals surface area (Å²) in [6, 6.07) is 0.639. The number of amides is 2. The van der Waals surface area contributed by atoms with Crippen LogP contribution in [0.2, 0.25) is 0 Å². The number of carboxylic acid groups (broad SMARTS) is 1. The average Bonchev–Trinajstić information content (AvgIpc) is 2.65. The first kappa shape index (κ1) is 22.7. The summed E-state index contributed by atoms with van der Waals surface area (Å²) in [4.78, 5) is 30.5. The summed E-state index contributed by atoms with van der Waals surface area (Å²) < 4.78 is 33.4. The third-order valence-corrected chi connectivity index (χ3v) is 4.15. The Bertz CT molecular complexity index is 943. The van der Waals surface area contributed by atoms with E-state index in [4.69, 9.17) is 15.6 Å². The molecule has 2 aromatic heterocycles. The maximum absolute atomic E-state index is 14.6. The van der Waals surface area contributed by atoms with Gasteiger partial charge in [0.1, 0.15) is 11.6 Å². The third kappa shape index (κ3) is 5.73. The second-order valence-electron chi connectivity index (χ2n) is 6.44. The van der Waals surface area contributed by atoms with E-state index in [1.807, 2.05) is 0 Å². The molecule has 0 fully saturated rings. The number of ether oxygens (including phenoxy) is 1. The Morgan fingerprint density at radius 1 is 1.27 bits per heavy atom. The average molecular weight is 424 g/mol. The molecule has 30 heavy (non-hydrogen) atoms. The number of nitrogens with two attached hydrogens (primary N) is 1. The molecule has 12 heteroatoms. The molecule has 0 aliphatic rings. The quantitative estimate of drug-likeness (QED) is 0.410. The van der Waals surface area contributed by atoms with E-state index < -0.39 is 35.7 Å². The number of aromatic nitrogens is 2. The number of primary amides is 1. The Morgan fingerprint density at radius 3 is 2.53 bits per heavy atom. The van der Waals surface area contributed by atoms with E-state index in [2.05, 4.69) is 25.9 Å². The summed E-state index contributed by atoms with van der Waals surface area (Å²) >= 11 is 0. The lowest BCUT2D eigenvalue weighted by Crippen LogP contribution is -2.47. The first-order valence-electron chi connectivity index (χ1n) is 8.76. The molecule has 2 heterocycles. The number of methoxy groups -OCH3 is 1. The number of carbonyl (C=O) groups is 2. The number of hydrogen-bond acceptors (Lipinski definition) is 7. The molecule has 0 radical (unpaired) electrons. The lowest BCUT2D eigenvalue weighted by Gasteiger charge is -2.25. The summed E-state index contributed by atoms with van der Waals surface area (Å²) in [5.74, 6) is -2.86. The molecule has 2 atom stereocenters. The van der Waals surface area contributed by atoms with Gasteiger partial charge in [0.05, 0.1) is 41.8 Å². The van der Waals surface area contributed by atoms with Crippen molar-refractivity contribution in [1.82, 2.24) is 15.3 Å². The van der Waals surface area contributed by atoms with Gasteiger partial charge in [0.25, 0.3) is 5.91 Å². The number of hydrogen-bond donors (Lipinski definition) is 5. The number of pyridine rings is 2. The predicted octanol–water partition coefficient (Wildman–Crippen LogP) is 1.99. The van der Waals surface area contributed by atoms with Gasteiger partial charge in [-0.2, -0.15) is 0 Å². The highest BCUT2D eigenvalue weighted by Gasteiger charge is 2.23. The Labute approximate surface area is 170 Å². The van der Waals surface area contributed by atoms with E-state index in [9.17, 15) is 18.4 Å². The van der Waals surface area contributed by atoms with Gasteiger partial charge in [0.2, 0.25) is 0 Å². The fraction of sp³-hybridized carbons (Fsp3) is 0.333. The number of nitrogens with one attached hydrogen (secondary N) is 3. The van der Waals surface area contributed by atoms with Crippen LogP contribution >= 0.6 is 0 Å². The number of halogens is 2. The summed E-state index contributed by atoms with van der Waals surface area (Å²) in [5, 5.41) is 16.6. The SMILES string of the molecule is COC[C@@H](Nc1nc(Nc2cnc(C)c(F)c2)c(C(N)=O)cc1F)[C@H](C)NC(=O)O. The number of rotatable bonds is 9. The van der Waals surface area contributed by atoms with Gasteiger partial charge in [-0.3, -0.25) is 9.78 Å². The van der Waals surface area contributed by atoms with Crippen molar-refractivity contribution in [1.29, 1.82) is 0 Å². The molecule has 0 aliphatic heterocycles. The maximum atomic E-state index is 14.6. The standard InChI is InChI=1S/C18H22F2N6O4/c1-8-12(19)4-10(6-22-8)24-16-11(15(21)27)5-13(20)17(26-16)25-14(7-30-3)9(2)23-18(28)29/h4-6,9,14,23H,7H2,1-3H3,(H2,21,27)(H,28,29)(H2,24,25,26)/t9-,14+/m0/s1. The van der Waals surface area contributed by atoms with E-state index in [-0.39, 0.29) is 35.2 Å². The molecule has 10 nitrogen and oxygen atoms in total. The van der Waals surface area contributed by atoms with E-state index in [0.29, 0.717) is 0 Å². The van der Waals surface area contributed by atoms with Crippen molar-refractivity contribution in [2.45, 2.75) is 25.9 Å². The molecule has 2 rings (SSSR count). The lowest BCUT2D eigenvalue weighted by molar-refractivity contribution is 0.1000. The van der Waals surface area contributed by atoms with Crippen molar-refractivity contribution in [3.05, 3.63) is 41.2 Å². The number of carbonyl (C=O) groups excluding carboxylic acids is 1. The highest BCUT2D eigenvalue weighted by Crippen LogP contribution is 2.25. The minimum atomic E-state index is -1.26. The van der Waals surface area contributed by atoms with Gasteiger partial charge in [-0.05, 0) is 19.9 Å².